The van der Waals surface area contributed by atoms with Gasteiger partial charge in [-0.2, -0.15) is 0 Å². The molecule has 3 heteroatoms. The largest absolute Gasteiger partial charge is 0.352 e. The molecule has 0 saturated carbocycles. The molecule has 0 spiro atoms. The Hall–Kier alpha value is -1.61. The maximum Gasteiger partial charge on any atom is 0.105 e. The van der Waals surface area contributed by atoms with E-state index in [2.05, 4.69) is 70.2 Å². The van der Waals surface area contributed by atoms with Gasteiger partial charge in [-0.05, 0) is 47.7 Å². The molecule has 0 aliphatic carbocycles. The maximum atomic E-state index is 4.98. The third kappa shape index (κ3) is 2.28. The first-order chi connectivity index (χ1) is 10.8. The van der Waals surface area contributed by atoms with Gasteiger partial charge in [-0.25, -0.2) is 4.99 Å². The van der Waals surface area contributed by atoms with Gasteiger partial charge < -0.3 is 4.90 Å². The average molecular weight is 355 g/mol. The van der Waals surface area contributed by atoms with Crippen LogP contribution in [0, 0.1) is 0 Å². The molecule has 0 radical (unpaired) electrons. The van der Waals surface area contributed by atoms with E-state index in [9.17, 15) is 0 Å². The van der Waals surface area contributed by atoms with Crippen LogP contribution in [0.5, 0.6) is 0 Å². The predicted octanol–water partition coefficient (Wildman–Crippen LogP) is 5.04. The van der Waals surface area contributed by atoms with Gasteiger partial charge in [-0.3, -0.25) is 0 Å². The third-order valence-electron chi connectivity index (χ3n) is 4.76. The van der Waals surface area contributed by atoms with Crippen LogP contribution in [0.25, 0.3) is 0 Å². The van der Waals surface area contributed by atoms with Crippen LogP contribution in [0.15, 0.2) is 51.9 Å². The molecule has 0 bridgehead atoms. The monoisotopic (exact) mass is 354 g/mol. The third-order valence-corrected chi connectivity index (χ3v) is 5.26. The van der Waals surface area contributed by atoms with Gasteiger partial charge in [0, 0.05) is 17.4 Å². The first-order valence-electron chi connectivity index (χ1n) is 7.96. The second-order valence-corrected chi connectivity index (χ2v) is 6.93. The number of fused-ring (bicyclic) bond motifs is 4. The molecule has 0 fully saturated rings. The lowest BCUT2D eigenvalue weighted by atomic mass is 9.88. The van der Waals surface area contributed by atoms with E-state index >= 15 is 0 Å². The zero-order valence-corrected chi connectivity index (χ0v) is 14.3. The van der Waals surface area contributed by atoms with Crippen molar-refractivity contribution in [1.82, 2.24) is 4.90 Å². The minimum absolute atomic E-state index is 0.416. The summed E-state index contributed by atoms with van der Waals surface area (Å²) in [7, 11) is 0. The van der Waals surface area contributed by atoms with Gasteiger partial charge in [0.05, 0.1) is 11.7 Å². The number of nitrogens with zero attached hydrogens (tertiary/aromatic N) is 2. The van der Waals surface area contributed by atoms with E-state index in [1.165, 1.54) is 22.5 Å². The highest BCUT2D eigenvalue weighted by molar-refractivity contribution is 9.10. The molecule has 112 valence electrons. The SMILES string of the molecule is CCC1=Nc2ccc(Br)cc2CC2c3ccccc3CCN12. The van der Waals surface area contributed by atoms with E-state index in [4.69, 9.17) is 4.99 Å². The summed E-state index contributed by atoms with van der Waals surface area (Å²) in [6, 6.07) is 15.8. The van der Waals surface area contributed by atoms with Crippen LogP contribution in [0.3, 0.4) is 0 Å². The first-order valence-corrected chi connectivity index (χ1v) is 8.76. The van der Waals surface area contributed by atoms with Crippen molar-refractivity contribution in [2.24, 2.45) is 4.99 Å². The molecule has 0 saturated heterocycles. The van der Waals surface area contributed by atoms with E-state index in [0.29, 0.717) is 6.04 Å². The number of aliphatic imine (C=N–C) groups is 1. The van der Waals surface area contributed by atoms with Gasteiger partial charge >= 0.3 is 0 Å². The second-order valence-electron chi connectivity index (χ2n) is 6.02. The van der Waals surface area contributed by atoms with Gasteiger partial charge in [0.25, 0.3) is 0 Å². The van der Waals surface area contributed by atoms with Crippen molar-refractivity contribution < 1.29 is 0 Å². The van der Waals surface area contributed by atoms with Crippen LogP contribution in [0.2, 0.25) is 0 Å². The summed E-state index contributed by atoms with van der Waals surface area (Å²) in [4.78, 5) is 7.50. The smallest absolute Gasteiger partial charge is 0.105 e. The summed E-state index contributed by atoms with van der Waals surface area (Å²) in [6.07, 6.45) is 3.12. The minimum atomic E-state index is 0.416. The van der Waals surface area contributed by atoms with Crippen molar-refractivity contribution in [3.8, 4) is 0 Å². The van der Waals surface area contributed by atoms with Gasteiger partial charge in [0.2, 0.25) is 0 Å². The van der Waals surface area contributed by atoms with Crippen molar-refractivity contribution in [2.45, 2.75) is 32.2 Å². The topological polar surface area (TPSA) is 15.6 Å². The molecule has 0 amide bonds. The molecule has 22 heavy (non-hydrogen) atoms. The fraction of sp³-hybridized carbons (Fsp3) is 0.316. The Kier molecular flexibility index (Phi) is 3.53. The van der Waals surface area contributed by atoms with Crippen molar-refractivity contribution in [1.29, 1.82) is 0 Å². The summed E-state index contributed by atoms with van der Waals surface area (Å²) in [5.41, 5.74) is 5.44. The molecular formula is C19H19BrN2. The molecule has 0 aromatic heterocycles. The molecule has 2 aliphatic rings. The molecule has 1 unspecified atom stereocenters. The van der Waals surface area contributed by atoms with Crippen molar-refractivity contribution in [3.05, 3.63) is 63.6 Å². The summed E-state index contributed by atoms with van der Waals surface area (Å²) >= 11 is 3.61. The van der Waals surface area contributed by atoms with Crippen LogP contribution in [0.1, 0.15) is 36.1 Å². The highest BCUT2D eigenvalue weighted by Crippen LogP contribution is 2.39. The van der Waals surface area contributed by atoms with Gasteiger partial charge in [0.1, 0.15) is 5.84 Å². The van der Waals surface area contributed by atoms with E-state index in [0.717, 1.165) is 36.0 Å². The minimum Gasteiger partial charge on any atom is -0.352 e. The van der Waals surface area contributed by atoms with Crippen molar-refractivity contribution >= 4 is 27.5 Å². The van der Waals surface area contributed by atoms with Crippen LogP contribution in [-0.4, -0.2) is 17.3 Å². The van der Waals surface area contributed by atoms with E-state index in [-0.39, 0.29) is 0 Å². The van der Waals surface area contributed by atoms with E-state index in [1.54, 1.807) is 0 Å². The second kappa shape index (κ2) is 5.54. The first kappa shape index (κ1) is 14.0. The predicted molar refractivity (Wildman–Crippen MR) is 94.8 cm³/mol. The Morgan fingerprint density at radius 1 is 1.18 bits per heavy atom. The van der Waals surface area contributed by atoms with Crippen LogP contribution < -0.4 is 0 Å². The summed E-state index contributed by atoms with van der Waals surface area (Å²) in [5.74, 6) is 1.22. The Labute approximate surface area is 140 Å². The highest BCUT2D eigenvalue weighted by atomic mass is 79.9. The zero-order chi connectivity index (χ0) is 15.1. The van der Waals surface area contributed by atoms with Crippen molar-refractivity contribution in [2.75, 3.05) is 6.54 Å². The molecule has 0 N–H and O–H groups in total. The fourth-order valence-corrected chi connectivity index (χ4v) is 4.11. The molecule has 2 aliphatic heterocycles. The highest BCUT2D eigenvalue weighted by Gasteiger charge is 2.31. The molecule has 2 heterocycles. The van der Waals surface area contributed by atoms with Gasteiger partial charge in [-0.15, -0.1) is 0 Å². The number of hydrogen-bond acceptors (Lipinski definition) is 2. The average Bonchev–Trinajstić information content (AvgIpc) is 2.70. The molecular weight excluding hydrogens is 336 g/mol. The van der Waals surface area contributed by atoms with E-state index < -0.39 is 0 Å². The summed E-state index contributed by atoms with van der Waals surface area (Å²) in [5, 5.41) is 0. The fourth-order valence-electron chi connectivity index (χ4n) is 3.70. The molecule has 1 atom stereocenters. The molecule has 2 aromatic carbocycles. The van der Waals surface area contributed by atoms with Gasteiger partial charge in [0.15, 0.2) is 0 Å². The lowest BCUT2D eigenvalue weighted by Crippen LogP contribution is -2.40. The summed E-state index contributed by atoms with van der Waals surface area (Å²) in [6.45, 7) is 3.28. The lowest BCUT2D eigenvalue weighted by Gasteiger charge is -2.38. The Morgan fingerprint density at radius 2 is 2.05 bits per heavy atom. The summed E-state index contributed by atoms with van der Waals surface area (Å²) < 4.78 is 1.14. The van der Waals surface area contributed by atoms with Crippen molar-refractivity contribution in [3.63, 3.8) is 0 Å². The lowest BCUT2D eigenvalue weighted by molar-refractivity contribution is 0.295. The molecule has 4 rings (SSSR count). The van der Waals surface area contributed by atoms with Crippen LogP contribution in [0.4, 0.5) is 5.69 Å². The normalized spacial score (nSPS) is 19.6. The number of benzene rings is 2. The number of hydrogen-bond donors (Lipinski definition) is 0. The standard InChI is InChI=1S/C19H19BrN2/c1-2-19-21-17-8-7-15(20)11-14(17)12-18-16-6-4-3-5-13(16)9-10-22(18)19/h3-8,11,18H,2,9-10,12H2,1H3. The quantitative estimate of drug-likeness (QED) is 0.699. The number of amidine groups is 1. The Morgan fingerprint density at radius 3 is 2.91 bits per heavy atom. The Bertz CT molecular complexity index is 751. The molecule has 2 aromatic rings. The van der Waals surface area contributed by atoms with E-state index in [1.807, 2.05) is 0 Å². The maximum absolute atomic E-state index is 4.98. The Balaban J connectivity index is 1.87. The van der Waals surface area contributed by atoms with Gasteiger partial charge in [-0.1, -0.05) is 47.1 Å². The van der Waals surface area contributed by atoms with Crippen LogP contribution >= 0.6 is 15.9 Å². The number of rotatable bonds is 1. The number of halogens is 1. The molecule has 2 nitrogen and oxygen atoms in total. The van der Waals surface area contributed by atoms with Crippen LogP contribution in [-0.2, 0) is 12.8 Å². The zero-order valence-electron chi connectivity index (χ0n) is 12.7.